The summed E-state index contributed by atoms with van der Waals surface area (Å²) >= 11 is 0. The number of carbonyl (C=O) groups is 1. The van der Waals surface area contributed by atoms with Crippen LogP contribution in [-0.4, -0.2) is 41.5 Å². The van der Waals surface area contributed by atoms with Crippen molar-refractivity contribution in [1.82, 2.24) is 5.32 Å². The normalized spacial score (nSPS) is 12.4. The second-order valence-electron chi connectivity index (χ2n) is 5.19. The number of nitrogens with one attached hydrogen (secondary N) is 1. The van der Waals surface area contributed by atoms with Crippen LogP contribution in [-0.2, 0) is 11.2 Å². The average Bonchev–Trinajstić information content (AvgIpc) is 2.36. The van der Waals surface area contributed by atoms with Gasteiger partial charge in [-0.2, -0.15) is 0 Å². The van der Waals surface area contributed by atoms with Crippen molar-refractivity contribution in [3.8, 4) is 5.75 Å². The van der Waals surface area contributed by atoms with Gasteiger partial charge in [-0.25, -0.2) is 0 Å². The third-order valence-corrected chi connectivity index (χ3v) is 2.86. The quantitative estimate of drug-likeness (QED) is 0.670. The molecule has 0 saturated carbocycles. The van der Waals surface area contributed by atoms with E-state index in [9.17, 15) is 9.90 Å². The first-order valence-corrected chi connectivity index (χ1v) is 6.74. The van der Waals surface area contributed by atoms with Gasteiger partial charge in [0.25, 0.3) is 0 Å². The fourth-order valence-corrected chi connectivity index (χ4v) is 1.74. The smallest absolute Gasteiger partial charge is 0.307 e. The molecule has 0 aromatic heterocycles. The molecule has 1 aromatic rings. The Labute approximate surface area is 119 Å². The summed E-state index contributed by atoms with van der Waals surface area (Å²) in [6, 6.07) is 5.59. The number of aliphatic carboxylic acids is 1. The Morgan fingerprint density at radius 1 is 1.40 bits per heavy atom. The Morgan fingerprint density at radius 2 is 2.10 bits per heavy atom. The molecule has 0 aliphatic carbocycles. The lowest BCUT2D eigenvalue weighted by Gasteiger charge is -2.15. The summed E-state index contributed by atoms with van der Waals surface area (Å²) in [5.41, 5.74) is 1.64. The molecule has 5 heteroatoms. The number of hydrogen-bond donors (Lipinski definition) is 3. The van der Waals surface area contributed by atoms with Crippen LogP contribution in [0.2, 0.25) is 0 Å². The minimum atomic E-state index is -0.850. The number of carboxylic acid groups (broad SMARTS) is 1. The Hall–Kier alpha value is -1.59. The molecule has 1 unspecified atom stereocenters. The maximum atomic E-state index is 10.7. The molecule has 0 spiro atoms. The van der Waals surface area contributed by atoms with Gasteiger partial charge >= 0.3 is 5.97 Å². The molecule has 1 rings (SSSR count). The first-order chi connectivity index (χ1) is 9.38. The summed E-state index contributed by atoms with van der Waals surface area (Å²) in [7, 11) is 0. The highest BCUT2D eigenvalue weighted by Gasteiger charge is 2.08. The number of aryl methyl sites for hydroxylation is 1. The molecule has 3 N–H and O–H groups in total. The minimum absolute atomic E-state index is 0.00699. The standard InChI is InChI=1S/C15H23NO4/c1-10(2)16-8-13(17)9-20-14-5-4-12(7-15(18)19)11(3)6-14/h4-6,10,13,16-17H,7-9H2,1-3H3,(H,18,19). The molecule has 20 heavy (non-hydrogen) atoms. The second-order valence-corrected chi connectivity index (χ2v) is 5.19. The number of carboxylic acids is 1. The van der Waals surface area contributed by atoms with Crippen molar-refractivity contribution in [3.05, 3.63) is 29.3 Å². The van der Waals surface area contributed by atoms with Crippen molar-refractivity contribution in [2.45, 2.75) is 39.3 Å². The number of aliphatic hydroxyl groups is 1. The first kappa shape index (κ1) is 16.5. The van der Waals surface area contributed by atoms with Gasteiger partial charge in [0.05, 0.1) is 6.42 Å². The van der Waals surface area contributed by atoms with E-state index in [1.54, 1.807) is 18.2 Å². The van der Waals surface area contributed by atoms with Crippen molar-refractivity contribution in [2.75, 3.05) is 13.2 Å². The van der Waals surface area contributed by atoms with Crippen LogP contribution >= 0.6 is 0 Å². The van der Waals surface area contributed by atoms with Gasteiger partial charge in [0.1, 0.15) is 18.5 Å². The van der Waals surface area contributed by atoms with Crippen molar-refractivity contribution < 1.29 is 19.7 Å². The van der Waals surface area contributed by atoms with Crippen LogP contribution in [0.3, 0.4) is 0 Å². The topological polar surface area (TPSA) is 78.8 Å². The lowest BCUT2D eigenvalue weighted by atomic mass is 10.1. The van der Waals surface area contributed by atoms with Gasteiger partial charge in [-0.1, -0.05) is 19.9 Å². The van der Waals surface area contributed by atoms with Crippen LogP contribution < -0.4 is 10.1 Å². The summed E-state index contributed by atoms with van der Waals surface area (Å²) in [6.45, 7) is 6.56. The third-order valence-electron chi connectivity index (χ3n) is 2.86. The highest BCUT2D eigenvalue weighted by Crippen LogP contribution is 2.18. The fourth-order valence-electron chi connectivity index (χ4n) is 1.74. The molecule has 0 amide bonds. The van der Waals surface area contributed by atoms with E-state index in [0.29, 0.717) is 18.3 Å². The molecule has 0 aliphatic rings. The molecule has 5 nitrogen and oxygen atoms in total. The lowest BCUT2D eigenvalue weighted by Crippen LogP contribution is -2.35. The zero-order valence-electron chi connectivity index (χ0n) is 12.2. The van der Waals surface area contributed by atoms with E-state index in [-0.39, 0.29) is 13.0 Å². The Bertz CT molecular complexity index is 445. The monoisotopic (exact) mass is 281 g/mol. The summed E-state index contributed by atoms with van der Waals surface area (Å²) in [5, 5.41) is 21.6. The summed E-state index contributed by atoms with van der Waals surface area (Å²) < 4.78 is 5.50. The minimum Gasteiger partial charge on any atom is -0.491 e. The predicted octanol–water partition coefficient (Wildman–Crippen LogP) is 1.36. The van der Waals surface area contributed by atoms with E-state index < -0.39 is 12.1 Å². The molecule has 112 valence electrons. The molecular weight excluding hydrogens is 258 g/mol. The van der Waals surface area contributed by atoms with Crippen LogP contribution in [0.5, 0.6) is 5.75 Å². The van der Waals surface area contributed by atoms with Gasteiger partial charge in [-0.3, -0.25) is 4.79 Å². The van der Waals surface area contributed by atoms with E-state index in [1.165, 1.54) is 0 Å². The number of aliphatic hydroxyl groups excluding tert-OH is 1. The van der Waals surface area contributed by atoms with Gasteiger partial charge in [0.15, 0.2) is 0 Å². The van der Waals surface area contributed by atoms with Crippen LogP contribution in [0.1, 0.15) is 25.0 Å². The molecule has 0 fully saturated rings. The average molecular weight is 281 g/mol. The molecule has 0 aliphatic heterocycles. The van der Waals surface area contributed by atoms with E-state index in [0.717, 1.165) is 11.1 Å². The Morgan fingerprint density at radius 3 is 2.65 bits per heavy atom. The van der Waals surface area contributed by atoms with E-state index in [1.807, 2.05) is 20.8 Å². The predicted molar refractivity (Wildman–Crippen MR) is 77.2 cm³/mol. The van der Waals surface area contributed by atoms with Gasteiger partial charge in [0, 0.05) is 12.6 Å². The number of ether oxygens (including phenoxy) is 1. The Balaban J connectivity index is 2.48. The third kappa shape index (κ3) is 6.04. The lowest BCUT2D eigenvalue weighted by molar-refractivity contribution is -0.136. The van der Waals surface area contributed by atoms with Gasteiger partial charge in [-0.15, -0.1) is 0 Å². The number of benzene rings is 1. The van der Waals surface area contributed by atoms with Crippen molar-refractivity contribution >= 4 is 5.97 Å². The van der Waals surface area contributed by atoms with E-state index >= 15 is 0 Å². The fraction of sp³-hybridized carbons (Fsp3) is 0.533. The summed E-state index contributed by atoms with van der Waals surface area (Å²) in [4.78, 5) is 10.7. The molecule has 1 atom stereocenters. The SMILES string of the molecule is Cc1cc(OCC(O)CNC(C)C)ccc1CC(=O)O. The zero-order valence-corrected chi connectivity index (χ0v) is 12.2. The molecule has 0 heterocycles. The van der Waals surface area contributed by atoms with Gasteiger partial charge in [0.2, 0.25) is 0 Å². The maximum Gasteiger partial charge on any atom is 0.307 e. The number of rotatable bonds is 8. The van der Waals surface area contributed by atoms with Gasteiger partial charge < -0.3 is 20.3 Å². The van der Waals surface area contributed by atoms with E-state index in [2.05, 4.69) is 5.32 Å². The molecular formula is C15H23NO4. The largest absolute Gasteiger partial charge is 0.491 e. The highest BCUT2D eigenvalue weighted by molar-refractivity contribution is 5.70. The zero-order chi connectivity index (χ0) is 15.1. The van der Waals surface area contributed by atoms with Crippen molar-refractivity contribution in [3.63, 3.8) is 0 Å². The Kier molecular flexibility index (Phi) is 6.48. The highest BCUT2D eigenvalue weighted by atomic mass is 16.5. The second kappa shape index (κ2) is 7.87. The van der Waals surface area contributed by atoms with Crippen LogP contribution in [0, 0.1) is 6.92 Å². The number of hydrogen-bond acceptors (Lipinski definition) is 4. The first-order valence-electron chi connectivity index (χ1n) is 6.74. The van der Waals surface area contributed by atoms with Crippen molar-refractivity contribution in [1.29, 1.82) is 0 Å². The molecule has 0 saturated heterocycles. The molecule has 1 aromatic carbocycles. The summed E-state index contributed by atoms with van der Waals surface area (Å²) in [6.07, 6.45) is -0.566. The summed E-state index contributed by atoms with van der Waals surface area (Å²) in [5.74, 6) is -0.211. The molecule has 0 radical (unpaired) electrons. The van der Waals surface area contributed by atoms with E-state index in [4.69, 9.17) is 9.84 Å². The van der Waals surface area contributed by atoms with Crippen LogP contribution in [0.4, 0.5) is 0 Å². The molecule has 0 bridgehead atoms. The van der Waals surface area contributed by atoms with Crippen LogP contribution in [0.25, 0.3) is 0 Å². The van der Waals surface area contributed by atoms with Crippen molar-refractivity contribution in [2.24, 2.45) is 0 Å². The van der Waals surface area contributed by atoms with Gasteiger partial charge in [-0.05, 0) is 30.2 Å². The van der Waals surface area contributed by atoms with Crippen LogP contribution in [0.15, 0.2) is 18.2 Å². The maximum absolute atomic E-state index is 10.7.